The van der Waals surface area contributed by atoms with E-state index in [2.05, 4.69) is 4.98 Å². The molecule has 2 aromatic carbocycles. The molecule has 0 saturated heterocycles. The van der Waals surface area contributed by atoms with Crippen molar-refractivity contribution in [1.29, 1.82) is 0 Å². The van der Waals surface area contributed by atoms with Crippen LogP contribution in [0, 0.1) is 12.7 Å². The molecule has 0 radical (unpaired) electrons. The SMILES string of the molecule is COCCOc1cncc(-c2cccc(S(=O)(=O)n3cc(C)cc3-c3ccccc3F)c2)c1. The van der Waals surface area contributed by atoms with Gasteiger partial charge in [-0.3, -0.25) is 4.98 Å². The third-order valence-electron chi connectivity index (χ3n) is 5.07. The summed E-state index contributed by atoms with van der Waals surface area (Å²) in [5.41, 5.74) is 2.57. The van der Waals surface area contributed by atoms with Crippen LogP contribution in [0.3, 0.4) is 0 Å². The van der Waals surface area contributed by atoms with Crippen molar-refractivity contribution in [2.75, 3.05) is 20.3 Å². The Morgan fingerprint density at radius 2 is 1.79 bits per heavy atom. The highest BCUT2D eigenvalue weighted by Crippen LogP contribution is 2.31. The van der Waals surface area contributed by atoms with Gasteiger partial charge in [0.05, 0.1) is 23.4 Å². The fourth-order valence-electron chi connectivity index (χ4n) is 3.48. The first kappa shape index (κ1) is 22.7. The van der Waals surface area contributed by atoms with Gasteiger partial charge in [-0.15, -0.1) is 0 Å². The molecule has 2 heterocycles. The number of ether oxygens (including phenoxy) is 2. The number of aromatic nitrogens is 2. The first-order chi connectivity index (χ1) is 15.9. The molecule has 0 amide bonds. The van der Waals surface area contributed by atoms with E-state index in [0.717, 1.165) is 3.97 Å². The van der Waals surface area contributed by atoms with E-state index in [1.54, 1.807) is 75.0 Å². The highest BCUT2D eigenvalue weighted by atomic mass is 32.2. The summed E-state index contributed by atoms with van der Waals surface area (Å²) in [6.07, 6.45) is 4.72. The zero-order chi connectivity index (χ0) is 23.4. The number of nitrogens with zero attached hydrogens (tertiary/aromatic N) is 2. The third kappa shape index (κ3) is 4.81. The molecule has 0 aliphatic heterocycles. The predicted octanol–water partition coefficient (Wildman–Crippen LogP) is 4.93. The fraction of sp³-hybridized carbons (Fsp3) is 0.160. The largest absolute Gasteiger partial charge is 0.490 e. The van der Waals surface area contributed by atoms with Crippen molar-refractivity contribution < 1.29 is 22.3 Å². The Morgan fingerprint density at radius 1 is 0.970 bits per heavy atom. The maximum Gasteiger partial charge on any atom is 0.268 e. The number of halogens is 1. The minimum atomic E-state index is -3.99. The second-order valence-electron chi connectivity index (χ2n) is 7.46. The highest BCUT2D eigenvalue weighted by Gasteiger charge is 2.23. The van der Waals surface area contributed by atoms with Crippen molar-refractivity contribution in [1.82, 2.24) is 8.96 Å². The number of pyridine rings is 1. The molecular formula is C25H23FN2O4S. The van der Waals surface area contributed by atoms with E-state index in [9.17, 15) is 12.8 Å². The number of hydrogen-bond acceptors (Lipinski definition) is 5. The molecule has 0 bridgehead atoms. The summed E-state index contributed by atoms with van der Waals surface area (Å²) < 4.78 is 53.3. The van der Waals surface area contributed by atoms with Gasteiger partial charge in [-0.1, -0.05) is 24.3 Å². The van der Waals surface area contributed by atoms with Crippen LogP contribution in [0.2, 0.25) is 0 Å². The molecule has 0 unspecified atom stereocenters. The van der Waals surface area contributed by atoms with E-state index in [0.29, 0.717) is 35.7 Å². The molecule has 2 aromatic heterocycles. The molecule has 0 spiro atoms. The van der Waals surface area contributed by atoms with Gasteiger partial charge >= 0.3 is 0 Å². The van der Waals surface area contributed by atoms with Crippen LogP contribution < -0.4 is 4.74 Å². The summed E-state index contributed by atoms with van der Waals surface area (Å²) in [4.78, 5) is 4.28. The smallest absolute Gasteiger partial charge is 0.268 e. The molecule has 0 atom stereocenters. The summed E-state index contributed by atoms with van der Waals surface area (Å²) >= 11 is 0. The molecule has 0 fully saturated rings. The topological polar surface area (TPSA) is 70.4 Å². The molecule has 170 valence electrons. The Balaban J connectivity index is 1.73. The molecule has 4 rings (SSSR count). The molecule has 33 heavy (non-hydrogen) atoms. The van der Waals surface area contributed by atoms with E-state index in [4.69, 9.17) is 9.47 Å². The number of aryl methyl sites for hydroxylation is 1. The first-order valence-electron chi connectivity index (χ1n) is 10.3. The number of benzene rings is 2. The summed E-state index contributed by atoms with van der Waals surface area (Å²) in [6.45, 7) is 2.59. The quantitative estimate of drug-likeness (QED) is 0.345. The summed E-state index contributed by atoms with van der Waals surface area (Å²) in [7, 11) is -2.40. The van der Waals surface area contributed by atoms with Gasteiger partial charge in [-0.2, -0.15) is 0 Å². The van der Waals surface area contributed by atoms with Gasteiger partial charge in [-0.05, 0) is 54.4 Å². The molecule has 0 aliphatic rings. The van der Waals surface area contributed by atoms with Gasteiger partial charge in [0, 0.05) is 30.6 Å². The number of rotatable bonds is 8. The molecule has 0 saturated carbocycles. The van der Waals surface area contributed by atoms with Crippen molar-refractivity contribution in [2.45, 2.75) is 11.8 Å². The lowest BCUT2D eigenvalue weighted by Crippen LogP contribution is -2.13. The lowest BCUT2D eigenvalue weighted by molar-refractivity contribution is 0.146. The lowest BCUT2D eigenvalue weighted by atomic mass is 10.1. The molecule has 0 aliphatic carbocycles. The number of hydrogen-bond donors (Lipinski definition) is 0. The molecule has 0 N–H and O–H groups in total. The standard InChI is InChI=1S/C25H23FN2O4S/c1-18-12-25(23-8-3-4-9-24(23)26)28(17-18)33(29,30)22-7-5-6-19(14-22)20-13-21(16-27-15-20)32-11-10-31-2/h3-9,12-17H,10-11H2,1-2H3. The molecule has 6 nitrogen and oxygen atoms in total. The van der Waals surface area contributed by atoms with Gasteiger partial charge in [0.15, 0.2) is 0 Å². The average molecular weight is 467 g/mol. The summed E-state index contributed by atoms with van der Waals surface area (Å²) in [5.74, 6) is 0.0675. The second kappa shape index (κ2) is 9.56. The van der Waals surface area contributed by atoms with Crippen LogP contribution in [0.1, 0.15) is 5.56 Å². The normalized spacial score (nSPS) is 11.5. The highest BCUT2D eigenvalue weighted by molar-refractivity contribution is 7.90. The van der Waals surface area contributed by atoms with Crippen LogP contribution in [0.15, 0.2) is 84.1 Å². The molecule has 8 heteroatoms. The third-order valence-corrected chi connectivity index (χ3v) is 6.74. The van der Waals surface area contributed by atoms with Crippen molar-refractivity contribution in [3.05, 3.63) is 90.6 Å². The predicted molar refractivity (Wildman–Crippen MR) is 124 cm³/mol. The zero-order valence-electron chi connectivity index (χ0n) is 18.2. The van der Waals surface area contributed by atoms with Gasteiger partial charge in [0.1, 0.15) is 18.2 Å². The van der Waals surface area contributed by atoms with E-state index < -0.39 is 15.8 Å². The van der Waals surface area contributed by atoms with E-state index in [-0.39, 0.29) is 16.2 Å². The van der Waals surface area contributed by atoms with Gasteiger partial charge in [-0.25, -0.2) is 16.8 Å². The number of methoxy groups -OCH3 is 1. The summed E-state index contributed by atoms with van der Waals surface area (Å²) in [6, 6.07) is 16.1. The Morgan fingerprint density at radius 3 is 2.58 bits per heavy atom. The first-order valence-corrected chi connectivity index (χ1v) is 11.7. The molecule has 4 aromatic rings. The van der Waals surface area contributed by atoms with Crippen LogP contribution in [0.25, 0.3) is 22.4 Å². The van der Waals surface area contributed by atoms with Crippen molar-refractivity contribution in [2.24, 2.45) is 0 Å². The van der Waals surface area contributed by atoms with Crippen molar-refractivity contribution >= 4 is 10.0 Å². The second-order valence-corrected chi connectivity index (χ2v) is 9.28. The minimum Gasteiger partial charge on any atom is -0.490 e. The van der Waals surface area contributed by atoms with Crippen molar-refractivity contribution in [3.8, 4) is 28.1 Å². The Labute approximate surface area is 192 Å². The van der Waals surface area contributed by atoms with Gasteiger partial charge in [0.25, 0.3) is 10.0 Å². The van der Waals surface area contributed by atoms with E-state index >= 15 is 0 Å². The monoisotopic (exact) mass is 466 g/mol. The Bertz CT molecular complexity index is 1380. The zero-order valence-corrected chi connectivity index (χ0v) is 19.0. The van der Waals surface area contributed by atoms with E-state index in [1.807, 2.05) is 0 Å². The van der Waals surface area contributed by atoms with Gasteiger partial charge in [0.2, 0.25) is 0 Å². The van der Waals surface area contributed by atoms with Crippen LogP contribution in [-0.2, 0) is 14.8 Å². The van der Waals surface area contributed by atoms with Crippen LogP contribution in [-0.4, -0.2) is 37.7 Å². The lowest BCUT2D eigenvalue weighted by Gasteiger charge is -2.13. The summed E-state index contributed by atoms with van der Waals surface area (Å²) in [5, 5.41) is 0. The maximum absolute atomic E-state index is 14.5. The maximum atomic E-state index is 14.5. The van der Waals surface area contributed by atoms with Crippen LogP contribution in [0.5, 0.6) is 5.75 Å². The fourth-order valence-corrected chi connectivity index (χ4v) is 4.95. The Hall–Kier alpha value is -3.49. The molecular weight excluding hydrogens is 443 g/mol. The Kier molecular flexibility index (Phi) is 6.57. The van der Waals surface area contributed by atoms with Crippen molar-refractivity contribution in [3.63, 3.8) is 0 Å². The van der Waals surface area contributed by atoms with Crippen LogP contribution in [0.4, 0.5) is 4.39 Å². The van der Waals surface area contributed by atoms with Crippen LogP contribution >= 0.6 is 0 Å². The van der Waals surface area contributed by atoms with E-state index in [1.165, 1.54) is 18.3 Å². The van der Waals surface area contributed by atoms with Gasteiger partial charge < -0.3 is 9.47 Å². The minimum absolute atomic E-state index is 0.0823. The average Bonchev–Trinajstić information content (AvgIpc) is 3.22.